The van der Waals surface area contributed by atoms with E-state index in [1.165, 1.54) is 42.7 Å². The Bertz CT molecular complexity index is 1370. The van der Waals surface area contributed by atoms with Gasteiger partial charge in [0.15, 0.2) is 5.13 Å². The maximum Gasteiger partial charge on any atom is 0.354 e. The van der Waals surface area contributed by atoms with Gasteiger partial charge in [-0.15, -0.1) is 0 Å². The molecule has 1 fully saturated rings. The van der Waals surface area contributed by atoms with Crippen molar-refractivity contribution in [3.05, 3.63) is 80.4 Å². The third-order valence-corrected chi connectivity index (χ3v) is 7.23. The lowest BCUT2D eigenvalue weighted by molar-refractivity contribution is -0.136. The number of benzene rings is 2. The summed E-state index contributed by atoms with van der Waals surface area (Å²) in [6, 6.07) is 11.1. The molecule has 0 saturated carbocycles. The molecule has 2 aromatic carbocycles. The van der Waals surface area contributed by atoms with Crippen LogP contribution in [-0.4, -0.2) is 61.3 Å². The van der Waals surface area contributed by atoms with Crippen LogP contribution in [0.3, 0.4) is 0 Å². The van der Waals surface area contributed by atoms with Gasteiger partial charge in [0.1, 0.15) is 11.4 Å². The number of nitrogens with one attached hydrogen (secondary N) is 2. The van der Waals surface area contributed by atoms with Gasteiger partial charge in [-0.2, -0.15) is 0 Å². The van der Waals surface area contributed by atoms with Crippen molar-refractivity contribution in [3.8, 4) is 5.75 Å². The molecular weight excluding hydrogens is 576 g/mol. The number of hydrogen-bond donors (Lipinski definition) is 3. The molecule has 0 spiro atoms. The van der Waals surface area contributed by atoms with Crippen LogP contribution in [0.4, 0.5) is 5.13 Å². The molecule has 0 bridgehead atoms. The van der Waals surface area contributed by atoms with Gasteiger partial charge < -0.3 is 30.1 Å². The highest BCUT2D eigenvalue weighted by atomic mass is 79.9. The van der Waals surface area contributed by atoms with E-state index in [2.05, 4.69) is 36.4 Å². The number of amides is 2. The first-order valence-electron chi connectivity index (χ1n) is 11.6. The number of aromatic nitrogens is 1. The number of halogens is 1. The SMILES string of the molecule is COC(=O)/C(=C\c1cnc(N2CCOCC2)s1)NC(=O)c1ccc(C(=O)NCc2cccc(O)c2)cc1Br. The molecule has 1 aromatic heterocycles. The van der Waals surface area contributed by atoms with Crippen LogP contribution in [-0.2, 0) is 20.8 Å². The monoisotopic (exact) mass is 600 g/mol. The van der Waals surface area contributed by atoms with Crippen LogP contribution in [0.25, 0.3) is 6.08 Å². The Balaban J connectivity index is 1.44. The number of aromatic hydroxyl groups is 1. The van der Waals surface area contributed by atoms with E-state index in [9.17, 15) is 19.5 Å². The molecule has 198 valence electrons. The van der Waals surface area contributed by atoms with Gasteiger partial charge in [0.25, 0.3) is 11.8 Å². The van der Waals surface area contributed by atoms with Crippen LogP contribution in [0.2, 0.25) is 0 Å². The van der Waals surface area contributed by atoms with Crippen molar-refractivity contribution in [3.63, 3.8) is 0 Å². The van der Waals surface area contributed by atoms with Crippen molar-refractivity contribution in [2.24, 2.45) is 0 Å². The zero-order valence-electron chi connectivity index (χ0n) is 20.4. The standard InChI is InChI=1S/C26H25BrN4O6S/c1-36-25(35)22(13-19-15-29-26(38-19)31-7-9-37-10-8-31)30-24(34)20-6-5-17(12-21(20)27)23(33)28-14-16-3-2-4-18(32)11-16/h2-6,11-13,15,32H,7-10,14H2,1H3,(H,28,33)(H,30,34)/b22-13+. The van der Waals surface area contributed by atoms with Gasteiger partial charge in [-0.05, 0) is 57.9 Å². The quantitative estimate of drug-likeness (QED) is 0.265. The first-order chi connectivity index (χ1) is 18.3. The molecule has 3 aromatic rings. The van der Waals surface area contributed by atoms with Crippen molar-refractivity contribution in [2.75, 3.05) is 38.3 Å². The first kappa shape index (κ1) is 27.3. The molecule has 1 aliphatic rings. The summed E-state index contributed by atoms with van der Waals surface area (Å²) in [6.07, 6.45) is 3.15. The molecule has 1 saturated heterocycles. The third kappa shape index (κ3) is 6.97. The predicted molar refractivity (Wildman–Crippen MR) is 146 cm³/mol. The minimum atomic E-state index is -0.709. The summed E-state index contributed by atoms with van der Waals surface area (Å²) in [4.78, 5) is 45.2. The minimum Gasteiger partial charge on any atom is -0.508 e. The molecule has 0 atom stereocenters. The summed E-state index contributed by atoms with van der Waals surface area (Å²) in [5.74, 6) is -1.50. The van der Waals surface area contributed by atoms with E-state index in [-0.39, 0.29) is 29.5 Å². The second-order valence-corrected chi connectivity index (χ2v) is 10.1. The number of carbonyl (C=O) groups excluding carboxylic acids is 3. The van der Waals surface area contributed by atoms with Crippen molar-refractivity contribution >= 4 is 56.3 Å². The molecule has 0 radical (unpaired) electrons. The molecule has 1 aliphatic heterocycles. The predicted octanol–water partition coefficient (Wildman–Crippen LogP) is 3.32. The number of carbonyl (C=O) groups is 3. The summed E-state index contributed by atoms with van der Waals surface area (Å²) < 4.78 is 10.6. The molecule has 38 heavy (non-hydrogen) atoms. The molecule has 3 N–H and O–H groups in total. The average Bonchev–Trinajstić information content (AvgIpc) is 3.40. The Morgan fingerprint density at radius 2 is 1.97 bits per heavy atom. The van der Waals surface area contributed by atoms with Gasteiger partial charge in [0.05, 0.1) is 30.8 Å². The number of methoxy groups -OCH3 is 1. The molecule has 0 unspecified atom stereocenters. The fourth-order valence-corrected chi connectivity index (χ4v) is 5.09. The number of phenolic OH excluding ortho intramolecular Hbond substituents is 1. The highest BCUT2D eigenvalue weighted by Crippen LogP contribution is 2.25. The van der Waals surface area contributed by atoms with E-state index in [0.717, 1.165) is 23.8 Å². The number of phenols is 1. The molecule has 2 heterocycles. The van der Waals surface area contributed by atoms with E-state index >= 15 is 0 Å². The lowest BCUT2D eigenvalue weighted by Gasteiger charge is -2.25. The van der Waals surface area contributed by atoms with Crippen LogP contribution in [0, 0.1) is 0 Å². The lowest BCUT2D eigenvalue weighted by atomic mass is 10.1. The van der Waals surface area contributed by atoms with Crippen LogP contribution < -0.4 is 15.5 Å². The Hall–Kier alpha value is -3.74. The second-order valence-electron chi connectivity index (χ2n) is 8.20. The normalized spacial score (nSPS) is 13.6. The van der Waals surface area contributed by atoms with Crippen molar-refractivity contribution in [1.29, 1.82) is 0 Å². The van der Waals surface area contributed by atoms with Gasteiger partial charge in [0, 0.05) is 35.9 Å². The maximum atomic E-state index is 13.0. The minimum absolute atomic E-state index is 0.0467. The Labute approximate surface area is 231 Å². The number of esters is 1. The molecule has 10 nitrogen and oxygen atoms in total. The molecule has 0 aliphatic carbocycles. The highest BCUT2D eigenvalue weighted by molar-refractivity contribution is 9.10. The number of thiazole rings is 1. The maximum absolute atomic E-state index is 13.0. The molecular formula is C26H25BrN4O6S. The van der Waals surface area contributed by atoms with Gasteiger partial charge >= 0.3 is 5.97 Å². The van der Waals surface area contributed by atoms with Crippen molar-refractivity contribution in [2.45, 2.75) is 6.54 Å². The van der Waals surface area contributed by atoms with Gasteiger partial charge in [-0.1, -0.05) is 23.5 Å². The summed E-state index contributed by atoms with van der Waals surface area (Å²) in [5.41, 5.74) is 1.25. The number of hydrogen-bond acceptors (Lipinski definition) is 9. The summed E-state index contributed by atoms with van der Waals surface area (Å²) >= 11 is 4.73. The number of morpholine rings is 1. The van der Waals surface area contributed by atoms with E-state index < -0.39 is 11.9 Å². The first-order valence-corrected chi connectivity index (χ1v) is 13.2. The Kier molecular flexibility index (Phi) is 9.10. The van der Waals surface area contributed by atoms with Crippen molar-refractivity contribution < 1.29 is 29.0 Å². The number of rotatable bonds is 8. The van der Waals surface area contributed by atoms with Gasteiger partial charge in [-0.3, -0.25) is 9.59 Å². The topological polar surface area (TPSA) is 130 Å². The summed E-state index contributed by atoms with van der Waals surface area (Å²) in [6.45, 7) is 2.94. The fourth-order valence-electron chi connectivity index (χ4n) is 3.62. The van der Waals surface area contributed by atoms with Crippen LogP contribution in [0.5, 0.6) is 5.75 Å². The lowest BCUT2D eigenvalue weighted by Crippen LogP contribution is -2.36. The van der Waals surface area contributed by atoms with E-state index in [1.54, 1.807) is 30.5 Å². The summed E-state index contributed by atoms with van der Waals surface area (Å²) in [7, 11) is 1.23. The number of anilines is 1. The van der Waals surface area contributed by atoms with Crippen LogP contribution in [0.15, 0.2) is 58.8 Å². The zero-order valence-corrected chi connectivity index (χ0v) is 22.8. The third-order valence-electron chi connectivity index (χ3n) is 5.57. The molecule has 12 heteroatoms. The molecule has 4 rings (SSSR count). The Morgan fingerprint density at radius 1 is 1.18 bits per heavy atom. The Morgan fingerprint density at radius 3 is 2.68 bits per heavy atom. The van der Waals surface area contributed by atoms with Crippen LogP contribution in [0.1, 0.15) is 31.2 Å². The largest absolute Gasteiger partial charge is 0.508 e. The smallest absolute Gasteiger partial charge is 0.354 e. The number of nitrogens with zero attached hydrogens (tertiary/aromatic N) is 2. The van der Waals surface area contributed by atoms with Crippen molar-refractivity contribution in [1.82, 2.24) is 15.6 Å². The van der Waals surface area contributed by atoms with E-state index in [0.29, 0.717) is 28.1 Å². The summed E-state index contributed by atoms with van der Waals surface area (Å²) in [5, 5.41) is 15.7. The van der Waals surface area contributed by atoms with Gasteiger partial charge in [-0.25, -0.2) is 9.78 Å². The average molecular weight is 601 g/mol. The highest BCUT2D eigenvalue weighted by Gasteiger charge is 2.20. The van der Waals surface area contributed by atoms with E-state index in [1.807, 2.05) is 0 Å². The molecule has 2 amide bonds. The second kappa shape index (κ2) is 12.7. The fraction of sp³-hybridized carbons (Fsp3) is 0.231. The van der Waals surface area contributed by atoms with E-state index in [4.69, 9.17) is 9.47 Å². The number of ether oxygens (including phenoxy) is 2. The van der Waals surface area contributed by atoms with Crippen LogP contribution >= 0.6 is 27.3 Å². The zero-order chi connectivity index (χ0) is 27.1. The van der Waals surface area contributed by atoms with Gasteiger partial charge in [0.2, 0.25) is 0 Å².